The van der Waals surface area contributed by atoms with Gasteiger partial charge in [0, 0.05) is 30.4 Å². The van der Waals surface area contributed by atoms with Gasteiger partial charge in [0.1, 0.15) is 11.0 Å². The number of hydrogen-bond acceptors (Lipinski definition) is 6. The Hall–Kier alpha value is -2.69. The largest absolute Gasteiger partial charge is 0.415 e. The Kier molecular flexibility index (Phi) is 8.02. The van der Waals surface area contributed by atoms with E-state index < -0.39 is 23.3 Å². The van der Waals surface area contributed by atoms with Gasteiger partial charge >= 0.3 is 6.43 Å². The predicted molar refractivity (Wildman–Crippen MR) is 129 cm³/mol. The molecule has 1 aliphatic heterocycles. The third-order valence-corrected chi connectivity index (χ3v) is 7.37. The maximum atomic E-state index is 13.4. The molecule has 2 atom stereocenters. The number of likely N-dealkylation sites (tertiary alicyclic amines) is 1. The minimum Gasteiger partial charge on any atom is -0.415 e. The first-order chi connectivity index (χ1) is 16.4. The molecule has 34 heavy (non-hydrogen) atoms. The van der Waals surface area contributed by atoms with Gasteiger partial charge in [0.05, 0.1) is 12.3 Å². The van der Waals surface area contributed by atoms with Crippen LogP contribution < -0.4 is 4.31 Å². The molecule has 1 aliphatic rings. The van der Waals surface area contributed by atoms with Crippen molar-refractivity contribution in [2.45, 2.75) is 25.4 Å². The normalized spacial score (nSPS) is 17.5. The molecule has 1 saturated heterocycles. The molecule has 10 heteroatoms. The van der Waals surface area contributed by atoms with Crippen LogP contribution in [0.4, 0.5) is 14.5 Å². The Morgan fingerprint density at radius 3 is 2.47 bits per heavy atom. The van der Waals surface area contributed by atoms with E-state index >= 15 is 0 Å². The van der Waals surface area contributed by atoms with Crippen molar-refractivity contribution in [3.05, 3.63) is 66.1 Å². The summed E-state index contributed by atoms with van der Waals surface area (Å²) in [6, 6.07) is 17.5. The van der Waals surface area contributed by atoms with Crippen molar-refractivity contribution in [2.24, 2.45) is 0 Å². The monoisotopic (exact) mass is 489 g/mol. The van der Waals surface area contributed by atoms with Crippen LogP contribution in [-0.2, 0) is 17.5 Å². The second kappa shape index (κ2) is 11.2. The fourth-order valence-electron chi connectivity index (χ4n) is 3.99. The zero-order chi connectivity index (χ0) is 24.1. The summed E-state index contributed by atoms with van der Waals surface area (Å²) in [6.45, 7) is 3.25. The molecule has 2 heterocycles. The second-order valence-electron chi connectivity index (χ2n) is 8.55. The lowest BCUT2D eigenvalue weighted by Gasteiger charge is -2.25. The van der Waals surface area contributed by atoms with Crippen LogP contribution in [0.5, 0.6) is 0 Å². The van der Waals surface area contributed by atoms with Gasteiger partial charge in [-0.2, -0.15) is 8.78 Å². The minimum absolute atomic E-state index is 0.0481. The van der Waals surface area contributed by atoms with Crippen molar-refractivity contribution >= 4 is 16.7 Å². The summed E-state index contributed by atoms with van der Waals surface area (Å²) >= 11 is 0. The molecule has 2 aromatic carbocycles. The van der Waals surface area contributed by atoms with Crippen LogP contribution in [0.25, 0.3) is 11.5 Å². The van der Waals surface area contributed by atoms with Crippen molar-refractivity contribution in [2.75, 3.05) is 43.8 Å². The highest BCUT2D eigenvalue weighted by Crippen LogP contribution is 2.25. The lowest BCUT2D eigenvalue weighted by atomic mass is 10.1. The van der Waals surface area contributed by atoms with Crippen molar-refractivity contribution in [1.29, 1.82) is 0 Å². The minimum atomic E-state index is -2.80. The second-order valence-corrected chi connectivity index (χ2v) is 10.0. The highest BCUT2D eigenvalue weighted by atomic mass is 32.2. The van der Waals surface area contributed by atoms with Crippen LogP contribution in [0.3, 0.4) is 0 Å². The Bertz CT molecular complexity index is 1080. The molecule has 2 unspecified atom stereocenters. The lowest BCUT2D eigenvalue weighted by Crippen LogP contribution is -2.35. The van der Waals surface area contributed by atoms with E-state index in [0.717, 1.165) is 37.3 Å². The first-order valence-corrected chi connectivity index (χ1v) is 12.5. The van der Waals surface area contributed by atoms with E-state index in [-0.39, 0.29) is 5.89 Å². The number of halogens is 2. The quantitative estimate of drug-likeness (QED) is 0.429. The molecule has 1 fully saturated rings. The third-order valence-electron chi connectivity index (χ3n) is 6.00. The summed E-state index contributed by atoms with van der Waals surface area (Å²) in [4.78, 5) is 4.62. The van der Waals surface area contributed by atoms with E-state index in [4.69, 9.17) is 4.42 Å². The Balaban J connectivity index is 1.43. The van der Waals surface area contributed by atoms with Gasteiger partial charge in [0.25, 0.3) is 5.89 Å². The number of aromatic nitrogens is 2. The van der Waals surface area contributed by atoms with Crippen LogP contribution in [0.1, 0.15) is 24.3 Å². The Morgan fingerprint density at radius 2 is 1.85 bits per heavy atom. The van der Waals surface area contributed by atoms with Crippen molar-refractivity contribution in [3.63, 3.8) is 0 Å². The van der Waals surface area contributed by atoms with E-state index in [1.807, 2.05) is 46.8 Å². The Morgan fingerprint density at radius 1 is 1.12 bits per heavy atom. The molecule has 0 aliphatic carbocycles. The van der Waals surface area contributed by atoms with Gasteiger partial charge in [-0.1, -0.05) is 30.3 Å². The van der Waals surface area contributed by atoms with Gasteiger partial charge in [-0.15, -0.1) is 10.2 Å². The summed E-state index contributed by atoms with van der Waals surface area (Å²) in [6.07, 6.45) is -1.67. The number of likely N-dealkylation sites (N-methyl/N-ethyl adjacent to an activating group) is 1. The molecule has 182 valence electrons. The molecule has 0 radical (unpaired) electrons. The van der Waals surface area contributed by atoms with Gasteiger partial charge < -0.3 is 14.2 Å². The van der Waals surface area contributed by atoms with Gasteiger partial charge in [-0.25, -0.2) is 4.21 Å². The SMILES string of the molecule is CN(C)C1CCN(CCS(=O)N(Cc2ccc(-c3nnc(C(F)F)o3)cc2)c2ccccc2)C1. The van der Waals surface area contributed by atoms with E-state index in [1.165, 1.54) is 0 Å². The van der Waals surface area contributed by atoms with E-state index in [9.17, 15) is 13.0 Å². The van der Waals surface area contributed by atoms with Crippen molar-refractivity contribution < 1.29 is 17.4 Å². The first-order valence-electron chi connectivity index (χ1n) is 11.2. The summed E-state index contributed by atoms with van der Waals surface area (Å²) in [5.74, 6) is -0.0995. The number of hydrogen-bond donors (Lipinski definition) is 0. The number of rotatable bonds is 10. The molecule has 0 spiro atoms. The topological polar surface area (TPSA) is 65.7 Å². The average Bonchev–Trinajstić information content (AvgIpc) is 3.52. The summed E-state index contributed by atoms with van der Waals surface area (Å²) in [5.41, 5.74) is 2.37. The molecule has 3 aromatic rings. The molecule has 1 aromatic heterocycles. The number of alkyl halides is 2. The van der Waals surface area contributed by atoms with Crippen LogP contribution in [0.2, 0.25) is 0 Å². The predicted octanol–water partition coefficient (Wildman–Crippen LogP) is 3.98. The molecule has 0 N–H and O–H groups in total. The summed E-state index contributed by atoms with van der Waals surface area (Å²) in [5, 5.41) is 7.06. The van der Waals surface area contributed by atoms with Crippen molar-refractivity contribution in [3.8, 4) is 11.5 Å². The third kappa shape index (κ3) is 6.05. The fraction of sp³-hybridized carbons (Fsp3) is 0.417. The van der Waals surface area contributed by atoms with E-state index in [1.54, 1.807) is 12.1 Å². The fourth-order valence-corrected chi connectivity index (χ4v) is 5.27. The summed E-state index contributed by atoms with van der Waals surface area (Å²) in [7, 11) is 2.99. The number of para-hydroxylation sites is 1. The summed E-state index contributed by atoms with van der Waals surface area (Å²) < 4.78 is 45.7. The first kappa shape index (κ1) is 24.4. The van der Waals surface area contributed by atoms with Crippen LogP contribution >= 0.6 is 0 Å². The molecule has 0 saturated carbocycles. The standard InChI is InChI=1S/C24H29F2N5O2S/c1-29(2)21-12-13-30(17-21)14-15-34(32)31(20-6-4-3-5-7-20)16-18-8-10-19(11-9-18)23-27-28-24(33-23)22(25)26/h3-11,21-22H,12-17H2,1-2H3. The molecular formula is C24H29F2N5O2S. The van der Waals surface area contributed by atoms with Crippen LogP contribution in [0.15, 0.2) is 59.0 Å². The van der Waals surface area contributed by atoms with Crippen molar-refractivity contribution in [1.82, 2.24) is 20.0 Å². The molecule has 0 amide bonds. The number of nitrogens with zero attached hydrogens (tertiary/aromatic N) is 5. The molecule has 4 rings (SSSR count). The van der Waals surface area contributed by atoms with E-state index in [2.05, 4.69) is 34.1 Å². The van der Waals surface area contributed by atoms with Gasteiger partial charge in [-0.05, 0) is 56.9 Å². The smallest absolute Gasteiger partial charge is 0.314 e. The Labute approximate surface area is 201 Å². The molecule has 7 nitrogen and oxygen atoms in total. The van der Waals surface area contributed by atoms with E-state index in [0.29, 0.717) is 23.9 Å². The average molecular weight is 490 g/mol. The zero-order valence-electron chi connectivity index (χ0n) is 19.3. The maximum absolute atomic E-state index is 13.4. The highest BCUT2D eigenvalue weighted by molar-refractivity contribution is 7.86. The zero-order valence-corrected chi connectivity index (χ0v) is 20.1. The number of benzene rings is 2. The van der Waals surface area contributed by atoms with Crippen LogP contribution in [0, 0.1) is 0 Å². The van der Waals surface area contributed by atoms with Gasteiger partial charge in [0.2, 0.25) is 5.89 Å². The molecule has 0 bridgehead atoms. The number of anilines is 1. The van der Waals surface area contributed by atoms with Gasteiger partial charge in [-0.3, -0.25) is 4.31 Å². The maximum Gasteiger partial charge on any atom is 0.314 e. The van der Waals surface area contributed by atoms with Gasteiger partial charge in [0.15, 0.2) is 0 Å². The highest BCUT2D eigenvalue weighted by Gasteiger charge is 2.25. The lowest BCUT2D eigenvalue weighted by molar-refractivity contribution is 0.116. The van der Waals surface area contributed by atoms with Crippen LogP contribution in [-0.4, -0.2) is 69.7 Å². The molecular weight excluding hydrogens is 460 g/mol.